The third-order valence-electron chi connectivity index (χ3n) is 13.7. The highest BCUT2D eigenvalue weighted by molar-refractivity contribution is 5.72. The van der Waals surface area contributed by atoms with Gasteiger partial charge < -0.3 is 14.2 Å². The van der Waals surface area contributed by atoms with E-state index in [1.807, 2.05) is 6.08 Å². The molecule has 0 aliphatic rings. The Morgan fingerprint density at radius 3 is 0.890 bits per heavy atom. The van der Waals surface area contributed by atoms with Gasteiger partial charge in [-0.15, -0.1) is 0 Å². The van der Waals surface area contributed by atoms with Crippen molar-refractivity contribution < 1.29 is 28.6 Å². The summed E-state index contributed by atoms with van der Waals surface area (Å²) in [7, 11) is 0. The molecule has 0 saturated carbocycles. The van der Waals surface area contributed by atoms with Crippen LogP contribution in [0.15, 0.2) is 72.9 Å². The second kappa shape index (κ2) is 61.4. The fourth-order valence-electron chi connectivity index (χ4n) is 9.05. The molecule has 0 aliphatic heterocycles. The fourth-order valence-corrected chi connectivity index (χ4v) is 9.05. The SMILES string of the molecule is CC/C=C\C/C=C\C/C=C\C/C=C\C/C=C\CC(=O)OC(COC(=O)CCCCCCCCCCCCC)COC(=O)CCCCCCCCCCCCCCCCCCC/C=C\CCCCCCCCCC. The van der Waals surface area contributed by atoms with Crippen LogP contribution in [0.5, 0.6) is 0 Å². The predicted octanol–water partition coefficient (Wildman–Crippen LogP) is 21.3. The van der Waals surface area contributed by atoms with E-state index < -0.39 is 12.1 Å². The molecule has 0 aromatic carbocycles. The van der Waals surface area contributed by atoms with E-state index >= 15 is 0 Å². The summed E-state index contributed by atoms with van der Waals surface area (Å²) in [6.45, 7) is 6.46. The molecule has 6 heteroatoms. The molecule has 0 heterocycles. The van der Waals surface area contributed by atoms with Crippen molar-refractivity contribution in [1.82, 2.24) is 0 Å². The smallest absolute Gasteiger partial charge is 0.310 e. The van der Waals surface area contributed by atoms with E-state index in [0.717, 1.165) is 70.6 Å². The van der Waals surface area contributed by atoms with Gasteiger partial charge in [-0.3, -0.25) is 14.4 Å². The molecule has 0 N–H and O–H groups in total. The molecule has 0 spiro atoms. The molecule has 0 aromatic heterocycles. The van der Waals surface area contributed by atoms with E-state index in [0.29, 0.717) is 12.8 Å². The molecular weight excluding hydrogens is 901 g/mol. The monoisotopic (exact) mass is 1020 g/mol. The molecule has 0 radical (unpaired) electrons. The van der Waals surface area contributed by atoms with E-state index in [1.54, 1.807) is 6.08 Å². The Kier molecular flexibility index (Phi) is 58.7. The summed E-state index contributed by atoms with van der Waals surface area (Å²) in [6, 6.07) is 0. The third kappa shape index (κ3) is 59.6. The minimum absolute atomic E-state index is 0.100. The molecule has 1 unspecified atom stereocenters. The third-order valence-corrected chi connectivity index (χ3v) is 13.7. The molecule has 0 rings (SSSR count). The zero-order chi connectivity index (χ0) is 52.9. The van der Waals surface area contributed by atoms with E-state index in [2.05, 4.69) is 81.5 Å². The van der Waals surface area contributed by atoms with Crippen LogP contribution >= 0.6 is 0 Å². The molecular formula is C67H118O6. The van der Waals surface area contributed by atoms with E-state index in [9.17, 15) is 14.4 Å². The van der Waals surface area contributed by atoms with Crippen molar-refractivity contribution in [2.75, 3.05) is 13.2 Å². The summed E-state index contributed by atoms with van der Waals surface area (Å²) < 4.78 is 16.8. The average molecular weight is 1020 g/mol. The lowest BCUT2D eigenvalue weighted by atomic mass is 10.0. The number of hydrogen-bond donors (Lipinski definition) is 0. The van der Waals surface area contributed by atoms with Crippen molar-refractivity contribution in [3.63, 3.8) is 0 Å². The zero-order valence-electron chi connectivity index (χ0n) is 48.4. The van der Waals surface area contributed by atoms with Crippen LogP contribution in [0.2, 0.25) is 0 Å². The molecule has 0 amide bonds. The summed E-state index contributed by atoms with van der Waals surface area (Å²) in [5.74, 6) is -1.03. The first kappa shape index (κ1) is 69.8. The van der Waals surface area contributed by atoms with Crippen LogP contribution in [0, 0.1) is 0 Å². The van der Waals surface area contributed by atoms with Crippen LogP contribution in [0.25, 0.3) is 0 Å². The Balaban J connectivity index is 4.20. The first-order valence-corrected chi connectivity index (χ1v) is 31.4. The quantitative estimate of drug-likeness (QED) is 0.0261. The summed E-state index contributed by atoms with van der Waals surface area (Å²) in [5, 5.41) is 0. The lowest BCUT2D eigenvalue weighted by Gasteiger charge is -2.18. The maximum absolute atomic E-state index is 12.8. The van der Waals surface area contributed by atoms with E-state index in [1.165, 1.54) is 205 Å². The van der Waals surface area contributed by atoms with Gasteiger partial charge in [0.15, 0.2) is 6.10 Å². The number of ether oxygens (including phenoxy) is 3. The highest BCUT2D eigenvalue weighted by Gasteiger charge is 2.19. The molecule has 0 bridgehead atoms. The highest BCUT2D eigenvalue weighted by Crippen LogP contribution is 2.17. The van der Waals surface area contributed by atoms with Gasteiger partial charge in [-0.25, -0.2) is 0 Å². The average Bonchev–Trinajstić information content (AvgIpc) is 3.39. The summed E-state index contributed by atoms with van der Waals surface area (Å²) in [5.41, 5.74) is 0. The minimum atomic E-state index is -0.827. The number of esters is 3. The fraction of sp³-hybridized carbons (Fsp3) is 0.776. The Hall–Kier alpha value is -3.15. The van der Waals surface area contributed by atoms with Crippen molar-refractivity contribution in [2.24, 2.45) is 0 Å². The van der Waals surface area contributed by atoms with Gasteiger partial charge in [-0.05, 0) is 70.6 Å². The van der Waals surface area contributed by atoms with Crippen LogP contribution in [0.3, 0.4) is 0 Å². The minimum Gasteiger partial charge on any atom is -0.462 e. The van der Waals surface area contributed by atoms with Gasteiger partial charge in [0.05, 0.1) is 6.42 Å². The standard InChI is InChI=1S/C67H118O6/c1-4-7-10-13-16-19-22-24-26-27-28-29-30-31-32-33-34-35-36-37-38-39-41-42-45-48-51-54-57-60-66(69)72-63-64(62-71-65(68)59-56-53-50-47-44-21-18-15-12-9-6-3)73-67(70)61-58-55-52-49-46-43-40-25-23-20-17-14-11-8-5-2/h8,11,17,20,25,27-28,40,46,49,55,58,64H,4-7,9-10,12-16,18-19,21-24,26,29-39,41-45,47-48,50-54,56-57,59-63H2,1-3H3/b11-8-,20-17-,28-27-,40-25-,49-46-,58-55-. The number of hydrogen-bond acceptors (Lipinski definition) is 6. The normalized spacial score (nSPS) is 12.5. The largest absolute Gasteiger partial charge is 0.462 e. The van der Waals surface area contributed by atoms with Gasteiger partial charge in [0.1, 0.15) is 13.2 Å². The van der Waals surface area contributed by atoms with Crippen molar-refractivity contribution in [1.29, 1.82) is 0 Å². The Morgan fingerprint density at radius 2 is 0.575 bits per heavy atom. The number of allylic oxidation sites excluding steroid dienone is 11. The van der Waals surface area contributed by atoms with E-state index in [-0.39, 0.29) is 31.6 Å². The van der Waals surface area contributed by atoms with E-state index in [4.69, 9.17) is 14.2 Å². The van der Waals surface area contributed by atoms with Crippen LogP contribution in [0.4, 0.5) is 0 Å². The number of carbonyl (C=O) groups excluding carboxylic acids is 3. The molecule has 0 aliphatic carbocycles. The van der Waals surface area contributed by atoms with Gasteiger partial charge in [-0.2, -0.15) is 0 Å². The van der Waals surface area contributed by atoms with Crippen molar-refractivity contribution in [2.45, 2.75) is 322 Å². The van der Waals surface area contributed by atoms with Gasteiger partial charge in [-0.1, -0.05) is 299 Å². The summed E-state index contributed by atoms with van der Waals surface area (Å²) in [4.78, 5) is 38.1. The van der Waals surface area contributed by atoms with Crippen LogP contribution in [-0.4, -0.2) is 37.2 Å². The Morgan fingerprint density at radius 1 is 0.301 bits per heavy atom. The number of rotatable bonds is 57. The Bertz CT molecular complexity index is 1360. The lowest BCUT2D eigenvalue weighted by molar-refractivity contribution is -0.166. The summed E-state index contributed by atoms with van der Waals surface area (Å²) in [6.07, 6.45) is 79.6. The maximum atomic E-state index is 12.8. The van der Waals surface area contributed by atoms with Crippen LogP contribution in [0.1, 0.15) is 316 Å². The first-order valence-electron chi connectivity index (χ1n) is 31.4. The molecule has 6 nitrogen and oxygen atoms in total. The molecule has 0 aromatic rings. The Labute approximate surface area is 453 Å². The van der Waals surface area contributed by atoms with Gasteiger partial charge in [0.25, 0.3) is 0 Å². The number of carbonyl (C=O) groups is 3. The second-order valence-electron chi connectivity index (χ2n) is 21.0. The molecule has 422 valence electrons. The summed E-state index contributed by atoms with van der Waals surface area (Å²) >= 11 is 0. The number of unbranched alkanes of at least 4 members (excludes halogenated alkanes) is 35. The van der Waals surface area contributed by atoms with Gasteiger partial charge in [0.2, 0.25) is 0 Å². The van der Waals surface area contributed by atoms with Crippen LogP contribution in [-0.2, 0) is 28.6 Å². The highest BCUT2D eigenvalue weighted by atomic mass is 16.6. The molecule has 0 saturated heterocycles. The van der Waals surface area contributed by atoms with Gasteiger partial charge >= 0.3 is 17.9 Å². The molecule has 0 fully saturated rings. The molecule has 1 atom stereocenters. The predicted molar refractivity (Wildman–Crippen MR) is 316 cm³/mol. The second-order valence-corrected chi connectivity index (χ2v) is 21.0. The topological polar surface area (TPSA) is 78.9 Å². The zero-order valence-corrected chi connectivity index (χ0v) is 48.4. The van der Waals surface area contributed by atoms with Crippen molar-refractivity contribution in [3.05, 3.63) is 72.9 Å². The van der Waals surface area contributed by atoms with Crippen LogP contribution < -0.4 is 0 Å². The molecule has 73 heavy (non-hydrogen) atoms. The van der Waals surface area contributed by atoms with Crippen molar-refractivity contribution >= 4 is 17.9 Å². The first-order chi connectivity index (χ1) is 36.0. The maximum Gasteiger partial charge on any atom is 0.310 e. The van der Waals surface area contributed by atoms with Gasteiger partial charge in [0, 0.05) is 12.8 Å². The van der Waals surface area contributed by atoms with Crippen molar-refractivity contribution in [3.8, 4) is 0 Å². The lowest BCUT2D eigenvalue weighted by Crippen LogP contribution is -2.30.